The van der Waals surface area contributed by atoms with E-state index >= 15 is 0 Å². The van der Waals surface area contributed by atoms with Gasteiger partial charge in [-0.25, -0.2) is 0 Å². The van der Waals surface area contributed by atoms with Crippen molar-refractivity contribution in [3.05, 3.63) is 53.3 Å². The van der Waals surface area contributed by atoms with Crippen LogP contribution in [0.15, 0.2) is 42.1 Å². The molecule has 0 radical (unpaired) electrons. The molecule has 1 aliphatic heterocycles. The lowest BCUT2D eigenvalue weighted by atomic mass is 9.71. The van der Waals surface area contributed by atoms with Crippen molar-refractivity contribution >= 4 is 5.69 Å². The van der Waals surface area contributed by atoms with Gasteiger partial charge >= 0.3 is 0 Å². The van der Waals surface area contributed by atoms with Gasteiger partial charge in [-0.15, -0.1) is 0 Å². The second kappa shape index (κ2) is 4.26. The number of benzene rings is 1. The summed E-state index contributed by atoms with van der Waals surface area (Å²) in [5.41, 5.74) is 6.66. The molecule has 2 rings (SSSR count). The average molecular weight is 255 g/mol. The molecule has 1 aliphatic rings. The lowest BCUT2D eigenvalue weighted by Crippen LogP contribution is -2.30. The zero-order valence-electron chi connectivity index (χ0n) is 13.0. The van der Waals surface area contributed by atoms with Gasteiger partial charge in [0.25, 0.3) is 0 Å². The third-order valence-corrected chi connectivity index (χ3v) is 4.14. The molecule has 0 aromatic heterocycles. The summed E-state index contributed by atoms with van der Waals surface area (Å²) < 4.78 is 0. The maximum Gasteiger partial charge on any atom is 0.0461 e. The Balaban J connectivity index is 2.73. The first-order valence-electron chi connectivity index (χ1n) is 6.94. The van der Waals surface area contributed by atoms with E-state index in [1.165, 1.54) is 28.1 Å². The molecule has 0 spiro atoms. The topological polar surface area (TPSA) is 12.0 Å². The average Bonchev–Trinajstić information content (AvgIpc) is 2.26. The molecule has 0 fully saturated rings. The smallest absolute Gasteiger partial charge is 0.0461 e. The highest BCUT2D eigenvalue weighted by Gasteiger charge is 2.34. The predicted molar refractivity (Wildman–Crippen MR) is 84.7 cm³/mol. The van der Waals surface area contributed by atoms with Crippen molar-refractivity contribution in [2.45, 2.75) is 52.4 Å². The molecule has 1 N–H and O–H groups in total. The van der Waals surface area contributed by atoms with Gasteiger partial charge < -0.3 is 5.32 Å². The van der Waals surface area contributed by atoms with Crippen LogP contribution < -0.4 is 5.32 Å². The van der Waals surface area contributed by atoms with E-state index < -0.39 is 0 Å². The van der Waals surface area contributed by atoms with Crippen molar-refractivity contribution in [3.8, 4) is 0 Å². The quantitative estimate of drug-likeness (QED) is 0.732. The highest BCUT2D eigenvalue weighted by molar-refractivity contribution is 5.70. The first-order valence-corrected chi connectivity index (χ1v) is 6.94. The zero-order valence-corrected chi connectivity index (χ0v) is 13.0. The van der Waals surface area contributed by atoms with Crippen LogP contribution in [0.1, 0.15) is 52.7 Å². The van der Waals surface area contributed by atoms with E-state index in [2.05, 4.69) is 71.6 Å². The van der Waals surface area contributed by atoms with Crippen molar-refractivity contribution in [2.24, 2.45) is 0 Å². The van der Waals surface area contributed by atoms with Crippen LogP contribution in [0.2, 0.25) is 0 Å². The lowest BCUT2D eigenvalue weighted by molar-refractivity contribution is 0.580. The Morgan fingerprint density at radius 3 is 2.37 bits per heavy atom. The monoisotopic (exact) mass is 255 g/mol. The zero-order chi connectivity index (χ0) is 14.4. The fourth-order valence-electron chi connectivity index (χ4n) is 3.11. The molecule has 102 valence electrons. The van der Waals surface area contributed by atoms with Gasteiger partial charge in [-0.2, -0.15) is 0 Å². The molecule has 1 aromatic rings. The maximum atomic E-state index is 3.98. The highest BCUT2D eigenvalue weighted by atomic mass is 14.9. The van der Waals surface area contributed by atoms with E-state index in [9.17, 15) is 0 Å². The van der Waals surface area contributed by atoms with Crippen LogP contribution in [-0.4, -0.2) is 0 Å². The van der Waals surface area contributed by atoms with Gasteiger partial charge in [0.15, 0.2) is 0 Å². The van der Waals surface area contributed by atoms with Crippen molar-refractivity contribution in [1.82, 2.24) is 0 Å². The molecule has 19 heavy (non-hydrogen) atoms. The minimum Gasteiger partial charge on any atom is -0.358 e. The fourth-order valence-corrected chi connectivity index (χ4v) is 3.11. The van der Waals surface area contributed by atoms with Crippen LogP contribution in [-0.2, 0) is 10.8 Å². The summed E-state index contributed by atoms with van der Waals surface area (Å²) >= 11 is 0. The number of para-hydroxylation sites is 1. The summed E-state index contributed by atoms with van der Waals surface area (Å²) in [6.07, 6.45) is 1.98. The lowest BCUT2D eigenvalue weighted by Gasteiger charge is -2.38. The summed E-state index contributed by atoms with van der Waals surface area (Å²) in [6, 6.07) is 6.63. The summed E-state index contributed by atoms with van der Waals surface area (Å²) in [5, 5.41) is 3.60. The van der Waals surface area contributed by atoms with Gasteiger partial charge in [-0.05, 0) is 29.0 Å². The fraction of sp³-hybridized carbons (Fsp3) is 0.444. The molecular formula is C18H25N. The normalized spacial score (nSPS) is 17.8. The van der Waals surface area contributed by atoms with Crippen LogP contribution in [0, 0.1) is 0 Å². The number of anilines is 1. The SMILES string of the molecule is C=CC1=C(C)Nc2c(C(C)(C)C)cccc2C1(C)C. The number of fused-ring (bicyclic) bond motifs is 1. The van der Waals surface area contributed by atoms with Crippen LogP contribution in [0.5, 0.6) is 0 Å². The largest absolute Gasteiger partial charge is 0.358 e. The molecule has 0 bridgehead atoms. The van der Waals surface area contributed by atoms with E-state index in [-0.39, 0.29) is 10.8 Å². The first-order chi connectivity index (χ1) is 8.69. The Morgan fingerprint density at radius 2 is 1.84 bits per heavy atom. The minimum atomic E-state index is 0.00762. The molecule has 1 heteroatoms. The van der Waals surface area contributed by atoms with Crippen molar-refractivity contribution in [2.75, 3.05) is 5.32 Å². The van der Waals surface area contributed by atoms with Crippen molar-refractivity contribution in [3.63, 3.8) is 0 Å². The molecule has 0 unspecified atom stereocenters. The Bertz CT molecular complexity index is 554. The van der Waals surface area contributed by atoms with Crippen molar-refractivity contribution in [1.29, 1.82) is 0 Å². The molecular weight excluding hydrogens is 230 g/mol. The van der Waals surface area contributed by atoms with Gasteiger partial charge in [-0.1, -0.05) is 65.5 Å². The number of allylic oxidation sites excluding steroid dienone is 3. The molecule has 1 nitrogen and oxygen atoms in total. The molecule has 1 heterocycles. The Hall–Kier alpha value is -1.50. The Morgan fingerprint density at radius 1 is 1.21 bits per heavy atom. The van der Waals surface area contributed by atoms with Gasteiger partial charge in [0.05, 0.1) is 0 Å². The van der Waals surface area contributed by atoms with E-state index in [1.54, 1.807) is 0 Å². The molecule has 0 amide bonds. The van der Waals surface area contributed by atoms with Gasteiger partial charge in [0, 0.05) is 16.8 Å². The highest BCUT2D eigenvalue weighted by Crippen LogP contribution is 2.45. The summed E-state index contributed by atoms with van der Waals surface area (Å²) in [5.74, 6) is 0. The number of nitrogens with one attached hydrogen (secondary N) is 1. The third-order valence-electron chi connectivity index (χ3n) is 4.14. The minimum absolute atomic E-state index is 0.00762. The van der Waals surface area contributed by atoms with E-state index in [0.29, 0.717) is 0 Å². The third kappa shape index (κ3) is 2.11. The Labute approximate surface area is 117 Å². The maximum absolute atomic E-state index is 3.98. The first kappa shape index (κ1) is 13.9. The van der Waals surface area contributed by atoms with Crippen LogP contribution in [0.25, 0.3) is 0 Å². The molecule has 0 atom stereocenters. The second-order valence-electron chi connectivity index (χ2n) is 6.97. The van der Waals surface area contributed by atoms with Gasteiger partial charge in [-0.3, -0.25) is 0 Å². The summed E-state index contributed by atoms with van der Waals surface area (Å²) in [6.45, 7) is 17.5. The number of hydrogen-bond donors (Lipinski definition) is 1. The van der Waals surface area contributed by atoms with Crippen molar-refractivity contribution < 1.29 is 0 Å². The predicted octanol–water partition coefficient (Wildman–Crippen LogP) is 5.15. The summed E-state index contributed by atoms with van der Waals surface area (Å²) in [4.78, 5) is 0. The van der Waals surface area contributed by atoms with E-state index in [0.717, 1.165) is 0 Å². The molecule has 0 saturated heterocycles. The Kier molecular flexibility index (Phi) is 3.12. The van der Waals surface area contributed by atoms with Crippen LogP contribution >= 0.6 is 0 Å². The standard InChI is InChI=1S/C18H25N/c1-8-13-12(2)19-16-14(17(3,4)5)10-9-11-15(16)18(13,6)7/h8-11,19H,1H2,2-7H3. The number of hydrogen-bond acceptors (Lipinski definition) is 1. The summed E-state index contributed by atoms with van der Waals surface area (Å²) in [7, 11) is 0. The van der Waals surface area contributed by atoms with Crippen LogP contribution in [0.4, 0.5) is 5.69 Å². The second-order valence-corrected chi connectivity index (χ2v) is 6.97. The van der Waals surface area contributed by atoms with E-state index in [1.807, 2.05) is 6.08 Å². The van der Waals surface area contributed by atoms with E-state index in [4.69, 9.17) is 0 Å². The molecule has 1 aromatic carbocycles. The number of rotatable bonds is 1. The van der Waals surface area contributed by atoms with Crippen LogP contribution in [0.3, 0.4) is 0 Å². The van der Waals surface area contributed by atoms with Gasteiger partial charge in [0.2, 0.25) is 0 Å². The molecule has 0 aliphatic carbocycles. The van der Waals surface area contributed by atoms with Gasteiger partial charge in [0.1, 0.15) is 0 Å². The molecule has 0 saturated carbocycles.